The van der Waals surface area contributed by atoms with Crippen LogP contribution in [0.5, 0.6) is 5.75 Å². The molecule has 0 fully saturated rings. The minimum absolute atomic E-state index is 0.159. The zero-order valence-corrected chi connectivity index (χ0v) is 12.1. The fourth-order valence-electron chi connectivity index (χ4n) is 1.56. The second-order valence-electron chi connectivity index (χ2n) is 4.27. The number of amides is 1. The molecule has 0 spiro atoms. The van der Waals surface area contributed by atoms with E-state index in [4.69, 9.17) is 21.7 Å². The van der Waals surface area contributed by atoms with E-state index in [0.717, 1.165) is 5.76 Å². The number of phenols is 1. The Bertz CT molecular complexity index is 674. The van der Waals surface area contributed by atoms with Gasteiger partial charge in [0.25, 0.3) is 0 Å². The summed E-state index contributed by atoms with van der Waals surface area (Å²) in [5.41, 5.74) is 0.670. The van der Waals surface area contributed by atoms with Crippen molar-refractivity contribution in [3.8, 4) is 5.75 Å². The summed E-state index contributed by atoms with van der Waals surface area (Å²) in [7, 11) is 0. The molecule has 0 radical (unpaired) electrons. The molecule has 0 aliphatic carbocycles. The highest BCUT2D eigenvalue weighted by Gasteiger charge is 2.02. The van der Waals surface area contributed by atoms with Crippen molar-refractivity contribution in [1.82, 2.24) is 5.32 Å². The van der Waals surface area contributed by atoms with Crippen molar-refractivity contribution in [2.24, 2.45) is 0 Å². The number of anilines is 1. The summed E-state index contributed by atoms with van der Waals surface area (Å²) in [6, 6.07) is 9.92. The summed E-state index contributed by atoms with van der Waals surface area (Å²) in [5.74, 6) is 1.17. The van der Waals surface area contributed by atoms with E-state index < -0.39 is 0 Å². The number of thiocarbonyl (C=S) groups is 1. The van der Waals surface area contributed by atoms with Gasteiger partial charge in [-0.15, -0.1) is 0 Å². The molecule has 5 nitrogen and oxygen atoms in total. The number of aryl methyl sites for hydroxylation is 1. The van der Waals surface area contributed by atoms with Crippen LogP contribution in [-0.2, 0) is 4.79 Å². The fourth-order valence-corrected chi connectivity index (χ4v) is 1.78. The molecule has 2 aromatic rings. The highest BCUT2D eigenvalue weighted by molar-refractivity contribution is 7.80. The molecule has 0 bridgehead atoms. The van der Waals surface area contributed by atoms with Gasteiger partial charge in [-0.1, -0.05) is 0 Å². The lowest BCUT2D eigenvalue weighted by molar-refractivity contribution is -0.115. The van der Waals surface area contributed by atoms with Gasteiger partial charge in [-0.05, 0) is 61.6 Å². The first-order valence-electron chi connectivity index (χ1n) is 6.18. The standard InChI is InChI=1S/C15H14N2O3S/c1-10-2-7-13(20-10)8-9-14(19)17-15(21)16-11-3-5-12(18)6-4-11/h2-9,18H,1H3,(H2,16,17,19,21)/b9-8+. The van der Waals surface area contributed by atoms with E-state index in [9.17, 15) is 4.79 Å². The van der Waals surface area contributed by atoms with Gasteiger partial charge in [0.15, 0.2) is 5.11 Å². The predicted molar refractivity (Wildman–Crippen MR) is 84.9 cm³/mol. The van der Waals surface area contributed by atoms with Crippen LogP contribution in [0.25, 0.3) is 6.08 Å². The van der Waals surface area contributed by atoms with Gasteiger partial charge in [0.05, 0.1) is 0 Å². The van der Waals surface area contributed by atoms with Crippen LogP contribution in [0, 0.1) is 6.92 Å². The Labute approximate surface area is 127 Å². The molecule has 0 saturated carbocycles. The van der Waals surface area contributed by atoms with Crippen LogP contribution in [0.2, 0.25) is 0 Å². The summed E-state index contributed by atoms with van der Waals surface area (Å²) >= 11 is 5.02. The minimum Gasteiger partial charge on any atom is -0.508 e. The zero-order chi connectivity index (χ0) is 15.2. The molecule has 2 rings (SSSR count). The van der Waals surface area contributed by atoms with Crippen molar-refractivity contribution >= 4 is 35.0 Å². The van der Waals surface area contributed by atoms with Gasteiger partial charge in [0.1, 0.15) is 17.3 Å². The fraction of sp³-hybridized carbons (Fsp3) is 0.0667. The maximum Gasteiger partial charge on any atom is 0.250 e. The lowest BCUT2D eigenvalue weighted by Gasteiger charge is -2.07. The van der Waals surface area contributed by atoms with Gasteiger partial charge in [-0.2, -0.15) is 0 Å². The number of rotatable bonds is 3. The van der Waals surface area contributed by atoms with Crippen LogP contribution in [0.4, 0.5) is 5.69 Å². The Morgan fingerprint density at radius 2 is 1.95 bits per heavy atom. The number of phenolic OH excluding ortho intramolecular Hbond substituents is 1. The number of hydrogen-bond donors (Lipinski definition) is 3. The van der Waals surface area contributed by atoms with Gasteiger partial charge in [0, 0.05) is 11.8 Å². The summed E-state index contributed by atoms with van der Waals surface area (Å²) in [4.78, 5) is 11.7. The maximum absolute atomic E-state index is 11.7. The van der Waals surface area contributed by atoms with E-state index >= 15 is 0 Å². The van der Waals surface area contributed by atoms with Crippen molar-refractivity contribution in [1.29, 1.82) is 0 Å². The van der Waals surface area contributed by atoms with Gasteiger partial charge in [-0.3, -0.25) is 10.1 Å². The average Bonchev–Trinajstić information content (AvgIpc) is 2.85. The third-order valence-corrected chi connectivity index (χ3v) is 2.73. The maximum atomic E-state index is 11.7. The lowest BCUT2D eigenvalue weighted by atomic mass is 10.3. The SMILES string of the molecule is Cc1ccc(/C=C/C(=O)NC(=S)Nc2ccc(O)cc2)o1. The molecule has 0 aliphatic heterocycles. The number of hydrogen-bond acceptors (Lipinski definition) is 4. The second kappa shape index (κ2) is 6.71. The van der Waals surface area contributed by atoms with Crippen LogP contribution >= 0.6 is 12.2 Å². The highest BCUT2D eigenvalue weighted by Crippen LogP contribution is 2.13. The van der Waals surface area contributed by atoms with Crippen LogP contribution in [-0.4, -0.2) is 16.1 Å². The average molecular weight is 302 g/mol. The third-order valence-electron chi connectivity index (χ3n) is 2.52. The van der Waals surface area contributed by atoms with Crippen molar-refractivity contribution < 1.29 is 14.3 Å². The minimum atomic E-state index is -0.361. The van der Waals surface area contributed by atoms with Crippen LogP contribution < -0.4 is 10.6 Å². The highest BCUT2D eigenvalue weighted by atomic mass is 32.1. The molecular weight excluding hydrogens is 288 g/mol. The van der Waals surface area contributed by atoms with E-state index in [0.29, 0.717) is 11.4 Å². The monoisotopic (exact) mass is 302 g/mol. The van der Waals surface area contributed by atoms with Crippen molar-refractivity contribution in [3.05, 3.63) is 54.0 Å². The van der Waals surface area contributed by atoms with E-state index in [2.05, 4.69) is 10.6 Å². The van der Waals surface area contributed by atoms with Crippen molar-refractivity contribution in [2.45, 2.75) is 6.92 Å². The van der Waals surface area contributed by atoms with E-state index in [-0.39, 0.29) is 16.8 Å². The molecule has 108 valence electrons. The molecule has 1 aromatic heterocycles. The lowest BCUT2D eigenvalue weighted by Crippen LogP contribution is -2.32. The molecule has 0 atom stereocenters. The molecule has 1 aromatic carbocycles. The molecular formula is C15H14N2O3S. The number of carbonyl (C=O) groups is 1. The third kappa shape index (κ3) is 4.77. The Morgan fingerprint density at radius 1 is 1.24 bits per heavy atom. The summed E-state index contributed by atoms with van der Waals surface area (Å²) in [6.07, 6.45) is 2.90. The number of furan rings is 1. The quantitative estimate of drug-likeness (QED) is 0.462. The van der Waals surface area contributed by atoms with Gasteiger partial charge < -0.3 is 14.8 Å². The van der Waals surface area contributed by atoms with E-state index in [1.54, 1.807) is 24.3 Å². The van der Waals surface area contributed by atoms with Gasteiger partial charge >= 0.3 is 0 Å². The predicted octanol–water partition coefficient (Wildman–Crippen LogP) is 2.82. The van der Waals surface area contributed by atoms with Gasteiger partial charge in [-0.25, -0.2) is 0 Å². The number of aromatic hydroxyl groups is 1. The van der Waals surface area contributed by atoms with E-state index in [1.165, 1.54) is 18.2 Å². The molecule has 0 unspecified atom stereocenters. The molecule has 21 heavy (non-hydrogen) atoms. The first-order chi connectivity index (χ1) is 10.0. The first kappa shape index (κ1) is 14.8. The zero-order valence-electron chi connectivity index (χ0n) is 11.3. The van der Waals surface area contributed by atoms with Crippen molar-refractivity contribution in [2.75, 3.05) is 5.32 Å². The molecule has 3 N–H and O–H groups in total. The van der Waals surface area contributed by atoms with Crippen LogP contribution in [0.3, 0.4) is 0 Å². The number of benzene rings is 1. The smallest absolute Gasteiger partial charge is 0.250 e. The Kier molecular flexibility index (Phi) is 4.73. The molecule has 1 heterocycles. The van der Waals surface area contributed by atoms with Crippen molar-refractivity contribution in [3.63, 3.8) is 0 Å². The second-order valence-corrected chi connectivity index (χ2v) is 4.68. The Hall–Kier alpha value is -2.60. The topological polar surface area (TPSA) is 74.5 Å². The molecule has 0 aliphatic rings. The van der Waals surface area contributed by atoms with E-state index in [1.807, 2.05) is 13.0 Å². The molecule has 0 saturated heterocycles. The van der Waals surface area contributed by atoms with Gasteiger partial charge in [0.2, 0.25) is 5.91 Å². The Morgan fingerprint density at radius 3 is 2.57 bits per heavy atom. The molecule has 6 heteroatoms. The molecule has 1 amide bonds. The van der Waals surface area contributed by atoms with Crippen LogP contribution in [0.1, 0.15) is 11.5 Å². The number of carbonyl (C=O) groups excluding carboxylic acids is 1. The summed E-state index contributed by atoms with van der Waals surface area (Å²) in [5, 5.41) is 14.7. The normalized spacial score (nSPS) is 10.5. The number of nitrogens with one attached hydrogen (secondary N) is 2. The Balaban J connectivity index is 1.86. The largest absolute Gasteiger partial charge is 0.508 e. The summed E-state index contributed by atoms with van der Waals surface area (Å²) < 4.78 is 5.31. The first-order valence-corrected chi connectivity index (χ1v) is 6.59. The van der Waals surface area contributed by atoms with Crippen LogP contribution in [0.15, 0.2) is 46.9 Å². The summed E-state index contributed by atoms with van der Waals surface area (Å²) in [6.45, 7) is 1.83.